The molecule has 5 heteroatoms. The first kappa shape index (κ1) is 15.9. The highest BCUT2D eigenvalue weighted by molar-refractivity contribution is 5.29. The Hall–Kier alpha value is -1.98. The average molecular weight is 313 g/mol. The maximum Gasteiger partial charge on any atom is 0.237 e. The normalized spacial score (nSPS) is 22.0. The fourth-order valence-corrected chi connectivity index (χ4v) is 2.99. The van der Waals surface area contributed by atoms with E-state index in [0.717, 1.165) is 31.7 Å². The topological polar surface area (TPSA) is 58.5 Å². The Morgan fingerprint density at radius 3 is 2.74 bits per heavy atom. The molecule has 1 aliphatic heterocycles. The Morgan fingerprint density at radius 2 is 2.04 bits per heavy atom. The van der Waals surface area contributed by atoms with E-state index in [0.29, 0.717) is 17.8 Å². The maximum atomic E-state index is 9.38. The van der Waals surface area contributed by atoms with E-state index in [4.69, 9.17) is 4.74 Å². The van der Waals surface area contributed by atoms with Gasteiger partial charge in [0.15, 0.2) is 0 Å². The molecule has 2 heterocycles. The lowest BCUT2D eigenvalue weighted by Crippen LogP contribution is -2.42. The Bertz CT molecular complexity index is 603. The third-order valence-corrected chi connectivity index (χ3v) is 4.44. The van der Waals surface area contributed by atoms with Crippen LogP contribution < -0.4 is 4.74 Å². The van der Waals surface area contributed by atoms with Crippen LogP contribution in [0.2, 0.25) is 0 Å². The highest BCUT2D eigenvalue weighted by atomic mass is 16.5. The molecule has 1 saturated heterocycles. The lowest BCUT2D eigenvalue weighted by Gasteiger charge is -2.37. The number of ether oxygens (including phenoxy) is 1. The van der Waals surface area contributed by atoms with Crippen molar-refractivity contribution in [3.8, 4) is 11.6 Å². The van der Waals surface area contributed by atoms with Gasteiger partial charge in [-0.2, -0.15) is 0 Å². The number of aliphatic hydroxyl groups excluding tert-OH is 1. The van der Waals surface area contributed by atoms with E-state index in [1.54, 1.807) is 18.6 Å². The predicted molar refractivity (Wildman–Crippen MR) is 88.2 cm³/mol. The maximum absolute atomic E-state index is 9.38. The number of hydrogen-bond donors (Lipinski definition) is 1. The van der Waals surface area contributed by atoms with Gasteiger partial charge in [0.25, 0.3) is 0 Å². The number of piperidine rings is 1. The van der Waals surface area contributed by atoms with Crippen LogP contribution in [-0.2, 0) is 6.54 Å². The number of nitrogens with zero attached hydrogens (tertiary/aromatic N) is 3. The molecule has 0 bridgehead atoms. The second-order valence-corrected chi connectivity index (χ2v) is 6.19. The van der Waals surface area contributed by atoms with Gasteiger partial charge < -0.3 is 9.84 Å². The highest BCUT2D eigenvalue weighted by Crippen LogP contribution is 2.24. The van der Waals surface area contributed by atoms with Gasteiger partial charge in [0.2, 0.25) is 5.88 Å². The van der Waals surface area contributed by atoms with E-state index in [2.05, 4.69) is 33.9 Å². The molecule has 1 N–H and O–H groups in total. The summed E-state index contributed by atoms with van der Waals surface area (Å²) in [6.07, 6.45) is 7.10. The van der Waals surface area contributed by atoms with Gasteiger partial charge in [0.1, 0.15) is 5.75 Å². The fraction of sp³-hybridized carbons (Fsp3) is 0.444. The molecule has 5 nitrogen and oxygen atoms in total. The third-order valence-electron chi connectivity index (χ3n) is 4.44. The monoisotopic (exact) mass is 313 g/mol. The third kappa shape index (κ3) is 4.27. The van der Waals surface area contributed by atoms with Crippen LogP contribution in [0.25, 0.3) is 0 Å². The van der Waals surface area contributed by atoms with Crippen molar-refractivity contribution in [2.45, 2.75) is 32.4 Å². The van der Waals surface area contributed by atoms with Crippen molar-refractivity contribution < 1.29 is 9.84 Å². The van der Waals surface area contributed by atoms with Crippen LogP contribution in [0.15, 0.2) is 42.9 Å². The van der Waals surface area contributed by atoms with Crippen LogP contribution in [0.3, 0.4) is 0 Å². The molecule has 0 spiro atoms. The smallest absolute Gasteiger partial charge is 0.237 e. The van der Waals surface area contributed by atoms with Gasteiger partial charge in [0.05, 0.1) is 6.20 Å². The molecule has 0 radical (unpaired) electrons. The summed E-state index contributed by atoms with van der Waals surface area (Å²) in [5, 5.41) is 9.38. The van der Waals surface area contributed by atoms with Gasteiger partial charge in [-0.3, -0.25) is 9.88 Å². The lowest BCUT2D eigenvalue weighted by molar-refractivity contribution is 0.0771. The Balaban J connectivity index is 1.61. The predicted octanol–water partition coefficient (Wildman–Crippen LogP) is 2.86. The molecule has 122 valence electrons. The standard InChI is InChI=1S/C18H23N3O2/c1-14-2-3-16(13-22)12-21(14)11-15-4-6-17(7-5-15)23-18-10-19-8-9-20-18/h4-10,14,16,22H,2-3,11-13H2,1H3. The summed E-state index contributed by atoms with van der Waals surface area (Å²) >= 11 is 0. The molecule has 0 aliphatic carbocycles. The zero-order chi connectivity index (χ0) is 16.1. The molecule has 1 aromatic heterocycles. The minimum absolute atomic E-state index is 0.286. The van der Waals surface area contributed by atoms with Crippen LogP contribution in [0, 0.1) is 5.92 Å². The quantitative estimate of drug-likeness (QED) is 0.920. The van der Waals surface area contributed by atoms with Gasteiger partial charge in [-0.1, -0.05) is 12.1 Å². The molecule has 2 aromatic rings. The van der Waals surface area contributed by atoms with Crippen molar-refractivity contribution in [1.29, 1.82) is 0 Å². The summed E-state index contributed by atoms with van der Waals surface area (Å²) in [6.45, 7) is 4.42. The summed E-state index contributed by atoms with van der Waals surface area (Å²) in [5.41, 5.74) is 1.25. The summed E-state index contributed by atoms with van der Waals surface area (Å²) in [7, 11) is 0. The summed E-state index contributed by atoms with van der Waals surface area (Å²) in [6, 6.07) is 8.65. The van der Waals surface area contributed by atoms with E-state index in [1.807, 2.05) is 12.1 Å². The largest absolute Gasteiger partial charge is 0.438 e. The second-order valence-electron chi connectivity index (χ2n) is 6.19. The van der Waals surface area contributed by atoms with Gasteiger partial charge in [-0.05, 0) is 43.4 Å². The molecule has 3 rings (SSSR count). The molecule has 2 unspecified atom stereocenters. The van der Waals surface area contributed by atoms with E-state index in [9.17, 15) is 5.11 Å². The molecule has 2 atom stereocenters. The Labute approximate surface area is 137 Å². The van der Waals surface area contributed by atoms with E-state index < -0.39 is 0 Å². The van der Waals surface area contributed by atoms with Crippen LogP contribution in [0.4, 0.5) is 0 Å². The van der Waals surface area contributed by atoms with Crippen LogP contribution in [0.5, 0.6) is 11.6 Å². The Kier molecular flexibility index (Phi) is 5.20. The minimum Gasteiger partial charge on any atom is -0.438 e. The fourth-order valence-electron chi connectivity index (χ4n) is 2.99. The zero-order valence-corrected chi connectivity index (χ0v) is 13.4. The number of aliphatic hydroxyl groups is 1. The molecule has 1 aromatic carbocycles. The number of hydrogen-bond acceptors (Lipinski definition) is 5. The number of benzene rings is 1. The molecule has 1 aliphatic rings. The van der Waals surface area contributed by atoms with Gasteiger partial charge >= 0.3 is 0 Å². The van der Waals surface area contributed by atoms with Gasteiger partial charge in [0, 0.05) is 38.1 Å². The molecular weight excluding hydrogens is 290 g/mol. The van der Waals surface area contributed by atoms with E-state index in [1.165, 1.54) is 5.56 Å². The summed E-state index contributed by atoms with van der Waals surface area (Å²) < 4.78 is 5.66. The first-order chi connectivity index (χ1) is 11.2. The van der Waals surface area contributed by atoms with E-state index >= 15 is 0 Å². The second kappa shape index (κ2) is 7.53. The van der Waals surface area contributed by atoms with Crippen LogP contribution in [-0.4, -0.2) is 39.2 Å². The zero-order valence-electron chi connectivity index (χ0n) is 13.4. The minimum atomic E-state index is 0.286. The molecule has 1 fully saturated rings. The van der Waals surface area contributed by atoms with Crippen molar-refractivity contribution in [3.63, 3.8) is 0 Å². The van der Waals surface area contributed by atoms with Crippen LogP contribution >= 0.6 is 0 Å². The highest BCUT2D eigenvalue weighted by Gasteiger charge is 2.24. The molecule has 0 saturated carbocycles. The number of rotatable bonds is 5. The summed E-state index contributed by atoms with van der Waals surface area (Å²) in [4.78, 5) is 10.5. The summed E-state index contributed by atoms with van der Waals surface area (Å²) in [5.74, 6) is 1.66. The van der Waals surface area contributed by atoms with Gasteiger partial charge in [-0.15, -0.1) is 0 Å². The van der Waals surface area contributed by atoms with Crippen molar-refractivity contribution in [1.82, 2.24) is 14.9 Å². The molecule has 23 heavy (non-hydrogen) atoms. The molecule has 0 amide bonds. The van der Waals surface area contributed by atoms with Crippen molar-refractivity contribution in [2.75, 3.05) is 13.2 Å². The first-order valence-corrected chi connectivity index (χ1v) is 8.12. The van der Waals surface area contributed by atoms with Crippen molar-refractivity contribution in [3.05, 3.63) is 48.4 Å². The van der Waals surface area contributed by atoms with Gasteiger partial charge in [-0.25, -0.2) is 4.98 Å². The number of likely N-dealkylation sites (tertiary alicyclic amines) is 1. The average Bonchev–Trinajstić information content (AvgIpc) is 2.59. The van der Waals surface area contributed by atoms with Crippen molar-refractivity contribution in [2.24, 2.45) is 5.92 Å². The SMILES string of the molecule is CC1CCC(CO)CN1Cc1ccc(Oc2cnccn2)cc1. The van der Waals surface area contributed by atoms with E-state index in [-0.39, 0.29) is 6.61 Å². The first-order valence-electron chi connectivity index (χ1n) is 8.12. The lowest BCUT2D eigenvalue weighted by atomic mass is 9.93. The molecular formula is C18H23N3O2. The van der Waals surface area contributed by atoms with Crippen LogP contribution in [0.1, 0.15) is 25.3 Å². The van der Waals surface area contributed by atoms with Crippen molar-refractivity contribution >= 4 is 0 Å². The number of aromatic nitrogens is 2. The Morgan fingerprint density at radius 1 is 1.22 bits per heavy atom.